The predicted octanol–water partition coefficient (Wildman–Crippen LogP) is 7.01. The van der Waals surface area contributed by atoms with E-state index in [9.17, 15) is 9.90 Å². The van der Waals surface area contributed by atoms with Gasteiger partial charge in [-0.25, -0.2) is 4.79 Å². The van der Waals surface area contributed by atoms with Gasteiger partial charge in [0, 0.05) is 19.6 Å². The van der Waals surface area contributed by atoms with Crippen LogP contribution in [0.2, 0.25) is 0 Å². The number of fused-ring (bicyclic) bond motifs is 2. The molecule has 5 rings (SSSR count). The average Bonchev–Trinajstić information content (AvgIpc) is 3.18. The zero-order valence-corrected chi connectivity index (χ0v) is 25.6. The third-order valence-corrected chi connectivity index (χ3v) is 8.51. The van der Waals surface area contributed by atoms with Crippen LogP contribution in [-0.4, -0.2) is 48.9 Å². The van der Waals surface area contributed by atoms with Gasteiger partial charge in [0.2, 0.25) is 0 Å². The summed E-state index contributed by atoms with van der Waals surface area (Å²) >= 11 is 0. The minimum Gasteiger partial charge on any atom is -0.492 e. The maximum atomic E-state index is 11.4. The standard InChI is InChI=1S/C38H43NO4/c1-4-42-36(38(40)41)26-29-15-20-32(21-16-29)43-24-23-39(3)37-34-12-8-11-30(18-14-28-9-6-5-7-10-28)33(34)22-19-31-17-13-27(2)25-35(31)37/h5-13,15-17,20-21,25,36-37H,4,14,18-19,22-24,26H2,1-3H3,(H,40,41). The van der Waals surface area contributed by atoms with E-state index in [0.717, 1.165) is 43.5 Å². The van der Waals surface area contributed by atoms with Crippen molar-refractivity contribution >= 4 is 5.97 Å². The van der Waals surface area contributed by atoms with Crippen LogP contribution in [0.1, 0.15) is 57.5 Å². The van der Waals surface area contributed by atoms with Gasteiger partial charge in [-0.05, 0) is 97.7 Å². The first kappa shape index (κ1) is 30.5. The molecule has 2 unspecified atom stereocenters. The Morgan fingerprint density at radius 3 is 2.44 bits per heavy atom. The number of carboxylic acid groups (broad SMARTS) is 1. The molecule has 2 atom stereocenters. The van der Waals surface area contributed by atoms with Gasteiger partial charge in [0.05, 0.1) is 6.04 Å². The number of hydrogen-bond donors (Lipinski definition) is 1. The Hall–Kier alpha value is -3.93. The molecule has 4 aromatic carbocycles. The highest BCUT2D eigenvalue weighted by atomic mass is 16.5. The van der Waals surface area contributed by atoms with E-state index in [1.807, 2.05) is 31.2 Å². The van der Waals surface area contributed by atoms with E-state index in [1.165, 1.54) is 38.9 Å². The monoisotopic (exact) mass is 577 g/mol. The first-order valence-electron chi connectivity index (χ1n) is 15.4. The highest BCUT2D eigenvalue weighted by Crippen LogP contribution is 2.38. The molecule has 0 amide bonds. The number of carbonyl (C=O) groups is 1. The average molecular weight is 578 g/mol. The second kappa shape index (κ2) is 14.5. The summed E-state index contributed by atoms with van der Waals surface area (Å²) in [6, 6.07) is 32.4. The third kappa shape index (κ3) is 7.73. The van der Waals surface area contributed by atoms with Crippen molar-refractivity contribution in [3.05, 3.63) is 136 Å². The van der Waals surface area contributed by atoms with Gasteiger partial charge < -0.3 is 14.6 Å². The Bertz CT molecular complexity index is 1500. The molecule has 0 aromatic heterocycles. The summed E-state index contributed by atoms with van der Waals surface area (Å²) in [6.07, 6.45) is 3.67. The van der Waals surface area contributed by atoms with Crippen LogP contribution >= 0.6 is 0 Å². The minimum atomic E-state index is -0.939. The number of ether oxygens (including phenoxy) is 2. The quantitative estimate of drug-likeness (QED) is 0.185. The molecule has 0 saturated heterocycles. The number of nitrogens with zero attached hydrogens (tertiary/aromatic N) is 1. The molecule has 1 aliphatic carbocycles. The van der Waals surface area contributed by atoms with Gasteiger partial charge in [-0.15, -0.1) is 0 Å². The molecular formula is C38H43NO4. The molecule has 0 spiro atoms. The molecule has 0 heterocycles. The van der Waals surface area contributed by atoms with E-state index in [-0.39, 0.29) is 6.04 Å². The molecule has 5 nitrogen and oxygen atoms in total. The zero-order valence-electron chi connectivity index (χ0n) is 25.6. The summed E-state index contributed by atoms with van der Waals surface area (Å²) < 4.78 is 11.5. The maximum Gasteiger partial charge on any atom is 0.333 e. The van der Waals surface area contributed by atoms with Crippen molar-refractivity contribution in [2.45, 2.75) is 58.1 Å². The highest BCUT2D eigenvalue weighted by Gasteiger charge is 2.28. The Morgan fingerprint density at radius 1 is 0.907 bits per heavy atom. The smallest absolute Gasteiger partial charge is 0.333 e. The third-order valence-electron chi connectivity index (χ3n) is 8.51. The molecule has 43 heavy (non-hydrogen) atoms. The number of benzene rings is 4. The van der Waals surface area contributed by atoms with Crippen LogP contribution in [0.15, 0.2) is 91.0 Å². The summed E-state index contributed by atoms with van der Waals surface area (Å²) in [6.45, 7) is 5.67. The topological polar surface area (TPSA) is 59.0 Å². The van der Waals surface area contributed by atoms with Crippen LogP contribution in [0, 0.1) is 6.92 Å². The van der Waals surface area contributed by atoms with Gasteiger partial charge >= 0.3 is 5.97 Å². The Morgan fingerprint density at radius 2 is 1.70 bits per heavy atom. The van der Waals surface area contributed by atoms with Crippen LogP contribution < -0.4 is 4.74 Å². The fourth-order valence-electron chi connectivity index (χ4n) is 6.26. The molecule has 0 saturated carbocycles. The number of likely N-dealkylation sites (N-methyl/N-ethyl adjacent to an activating group) is 1. The first-order valence-corrected chi connectivity index (χ1v) is 15.4. The first-order chi connectivity index (χ1) is 20.9. The van der Waals surface area contributed by atoms with Crippen molar-refractivity contribution in [2.24, 2.45) is 0 Å². The lowest BCUT2D eigenvalue weighted by molar-refractivity contribution is -0.149. The molecule has 4 aromatic rings. The van der Waals surface area contributed by atoms with Crippen LogP contribution in [0.4, 0.5) is 0 Å². The summed E-state index contributed by atoms with van der Waals surface area (Å²) in [5.41, 5.74) is 10.8. The van der Waals surface area contributed by atoms with Gasteiger partial charge in [-0.3, -0.25) is 4.90 Å². The lowest BCUT2D eigenvalue weighted by Crippen LogP contribution is -2.30. The van der Waals surface area contributed by atoms with Crippen molar-refractivity contribution in [3.63, 3.8) is 0 Å². The summed E-state index contributed by atoms with van der Waals surface area (Å²) in [5.74, 6) is -0.161. The molecule has 5 heteroatoms. The summed E-state index contributed by atoms with van der Waals surface area (Å²) in [7, 11) is 2.20. The SMILES string of the molecule is CCOC(Cc1ccc(OCCN(C)C2c3cc(C)ccc3CCc3c(CCc4ccccc4)cccc32)cc1)C(=O)O. The van der Waals surface area contributed by atoms with Gasteiger partial charge in [0.15, 0.2) is 6.10 Å². The van der Waals surface area contributed by atoms with Crippen molar-refractivity contribution in [1.29, 1.82) is 0 Å². The minimum absolute atomic E-state index is 0.154. The molecule has 0 bridgehead atoms. The molecule has 1 N–H and O–H groups in total. The number of rotatable bonds is 13. The maximum absolute atomic E-state index is 11.4. The molecule has 0 fully saturated rings. The van der Waals surface area contributed by atoms with E-state index >= 15 is 0 Å². The van der Waals surface area contributed by atoms with Crippen LogP contribution in [0.25, 0.3) is 0 Å². The molecule has 0 radical (unpaired) electrons. The van der Waals surface area contributed by atoms with E-state index in [1.54, 1.807) is 0 Å². The fraction of sp³-hybridized carbons (Fsp3) is 0.342. The fourth-order valence-corrected chi connectivity index (χ4v) is 6.26. The predicted molar refractivity (Wildman–Crippen MR) is 172 cm³/mol. The summed E-state index contributed by atoms with van der Waals surface area (Å²) in [5, 5.41) is 9.39. The van der Waals surface area contributed by atoms with Gasteiger partial charge in [-0.2, -0.15) is 0 Å². The van der Waals surface area contributed by atoms with Crippen molar-refractivity contribution in [1.82, 2.24) is 4.90 Å². The number of aliphatic carboxylic acids is 1. The molecule has 224 valence electrons. The van der Waals surface area contributed by atoms with Crippen LogP contribution in [0.3, 0.4) is 0 Å². The van der Waals surface area contributed by atoms with Crippen molar-refractivity contribution in [3.8, 4) is 5.75 Å². The van der Waals surface area contributed by atoms with Gasteiger partial charge in [-0.1, -0.05) is 84.4 Å². The van der Waals surface area contributed by atoms with E-state index in [2.05, 4.69) is 85.6 Å². The normalized spacial score (nSPS) is 14.9. The lowest BCUT2D eigenvalue weighted by atomic mass is 9.89. The van der Waals surface area contributed by atoms with Crippen molar-refractivity contribution < 1.29 is 19.4 Å². The largest absolute Gasteiger partial charge is 0.492 e. The Kier molecular flexibility index (Phi) is 10.3. The second-order valence-electron chi connectivity index (χ2n) is 11.5. The van der Waals surface area contributed by atoms with Crippen molar-refractivity contribution in [2.75, 3.05) is 26.8 Å². The van der Waals surface area contributed by atoms with E-state index in [0.29, 0.717) is 19.6 Å². The Balaban J connectivity index is 1.31. The van der Waals surface area contributed by atoms with Crippen LogP contribution in [-0.2, 0) is 41.6 Å². The number of hydrogen-bond acceptors (Lipinski definition) is 4. The van der Waals surface area contributed by atoms with E-state index in [4.69, 9.17) is 9.47 Å². The van der Waals surface area contributed by atoms with Gasteiger partial charge in [0.1, 0.15) is 12.4 Å². The second-order valence-corrected chi connectivity index (χ2v) is 11.5. The summed E-state index contributed by atoms with van der Waals surface area (Å²) in [4.78, 5) is 13.9. The molecule has 1 aliphatic rings. The molecular weight excluding hydrogens is 534 g/mol. The molecule has 0 aliphatic heterocycles. The van der Waals surface area contributed by atoms with Crippen LogP contribution in [0.5, 0.6) is 5.75 Å². The number of aryl methyl sites for hydroxylation is 4. The highest BCUT2D eigenvalue weighted by molar-refractivity contribution is 5.72. The Labute approximate surface area is 256 Å². The lowest BCUT2D eigenvalue weighted by Gasteiger charge is -2.31. The van der Waals surface area contributed by atoms with Gasteiger partial charge in [0.25, 0.3) is 0 Å². The van der Waals surface area contributed by atoms with E-state index < -0.39 is 12.1 Å². The zero-order chi connectivity index (χ0) is 30.2. The number of carboxylic acids is 1.